The van der Waals surface area contributed by atoms with Gasteiger partial charge < -0.3 is 4.74 Å². The van der Waals surface area contributed by atoms with Crippen LogP contribution in [0.3, 0.4) is 0 Å². The lowest BCUT2D eigenvalue weighted by molar-refractivity contribution is 0.0377. The Morgan fingerprint density at radius 3 is 2.28 bits per heavy atom. The third kappa shape index (κ3) is 2.93. The molecular formula is C20H19NO4. The van der Waals surface area contributed by atoms with Crippen molar-refractivity contribution < 1.29 is 19.1 Å². The van der Waals surface area contributed by atoms with Crippen molar-refractivity contribution in [1.82, 2.24) is 0 Å². The minimum atomic E-state index is -0.511. The van der Waals surface area contributed by atoms with E-state index in [1.165, 1.54) is 18.2 Å². The van der Waals surface area contributed by atoms with Gasteiger partial charge in [-0.3, -0.25) is 9.59 Å². The number of esters is 1. The number of amides is 2. The lowest BCUT2D eigenvalue weighted by atomic mass is 10.1. The van der Waals surface area contributed by atoms with Gasteiger partial charge in [-0.1, -0.05) is 17.7 Å². The predicted molar refractivity (Wildman–Crippen MR) is 94.0 cm³/mol. The average Bonchev–Trinajstić information content (AvgIpc) is 2.78. The van der Waals surface area contributed by atoms with E-state index in [1.807, 2.05) is 26.0 Å². The molecule has 0 unspecified atom stereocenters. The van der Waals surface area contributed by atoms with Gasteiger partial charge >= 0.3 is 5.97 Å². The summed E-state index contributed by atoms with van der Waals surface area (Å²) < 4.78 is 5.15. The molecule has 0 saturated carbocycles. The van der Waals surface area contributed by atoms with Crippen molar-refractivity contribution in [2.75, 3.05) is 4.90 Å². The molecule has 5 heteroatoms. The number of carbonyl (C=O) groups excluding carboxylic acids is 3. The van der Waals surface area contributed by atoms with E-state index in [9.17, 15) is 14.4 Å². The van der Waals surface area contributed by atoms with Crippen molar-refractivity contribution in [1.29, 1.82) is 0 Å². The first-order valence-corrected chi connectivity index (χ1v) is 8.10. The zero-order valence-corrected chi connectivity index (χ0v) is 14.6. The van der Waals surface area contributed by atoms with Gasteiger partial charge in [-0.2, -0.15) is 0 Å². The second-order valence-corrected chi connectivity index (χ2v) is 6.45. The second kappa shape index (κ2) is 6.16. The SMILES string of the molecule is Cc1ccc(N2C(=O)c3ccc(C(=O)OC(C)C)cc3C2=O)c(C)c1. The Bertz CT molecular complexity index is 899. The molecule has 0 aliphatic carbocycles. The fourth-order valence-electron chi connectivity index (χ4n) is 2.92. The average molecular weight is 337 g/mol. The van der Waals surface area contributed by atoms with E-state index in [0.717, 1.165) is 16.0 Å². The van der Waals surface area contributed by atoms with Crippen molar-refractivity contribution >= 4 is 23.5 Å². The minimum Gasteiger partial charge on any atom is -0.459 e. The molecule has 0 radical (unpaired) electrons. The number of imide groups is 1. The molecule has 0 saturated heterocycles. The number of hydrogen-bond donors (Lipinski definition) is 0. The fourth-order valence-corrected chi connectivity index (χ4v) is 2.92. The molecule has 3 rings (SSSR count). The minimum absolute atomic E-state index is 0.225. The largest absolute Gasteiger partial charge is 0.459 e. The summed E-state index contributed by atoms with van der Waals surface area (Å²) in [5, 5.41) is 0. The van der Waals surface area contributed by atoms with Crippen LogP contribution in [0.2, 0.25) is 0 Å². The fraction of sp³-hybridized carbons (Fsp3) is 0.250. The summed E-state index contributed by atoms with van der Waals surface area (Å²) in [5.74, 6) is -1.31. The molecule has 1 heterocycles. The van der Waals surface area contributed by atoms with Gasteiger partial charge in [0.15, 0.2) is 0 Å². The van der Waals surface area contributed by atoms with E-state index in [1.54, 1.807) is 19.9 Å². The first-order valence-electron chi connectivity index (χ1n) is 8.10. The van der Waals surface area contributed by atoms with Crippen LogP contribution in [0.15, 0.2) is 36.4 Å². The standard InChI is InChI=1S/C20H19NO4/c1-11(2)25-20(24)14-6-7-15-16(10-14)19(23)21(18(15)22)17-8-5-12(3)9-13(17)4/h5-11H,1-4H3. The maximum absolute atomic E-state index is 12.8. The van der Waals surface area contributed by atoms with Gasteiger partial charge in [-0.25, -0.2) is 9.69 Å². The molecule has 0 bridgehead atoms. The first kappa shape index (κ1) is 16.9. The quantitative estimate of drug-likeness (QED) is 0.633. The lowest BCUT2D eigenvalue weighted by Crippen LogP contribution is -2.30. The molecule has 128 valence electrons. The highest BCUT2D eigenvalue weighted by Crippen LogP contribution is 2.31. The number of aryl methyl sites for hydroxylation is 2. The molecule has 1 aliphatic rings. The Hall–Kier alpha value is -2.95. The summed E-state index contributed by atoms with van der Waals surface area (Å²) in [7, 11) is 0. The molecule has 2 amide bonds. The number of ether oxygens (including phenoxy) is 1. The molecule has 0 atom stereocenters. The van der Waals surface area contributed by atoms with Crippen LogP contribution in [-0.2, 0) is 4.74 Å². The van der Waals surface area contributed by atoms with E-state index >= 15 is 0 Å². The maximum Gasteiger partial charge on any atom is 0.338 e. The topological polar surface area (TPSA) is 63.7 Å². The van der Waals surface area contributed by atoms with Gasteiger partial charge in [-0.05, 0) is 57.5 Å². The lowest BCUT2D eigenvalue weighted by Gasteiger charge is -2.16. The Morgan fingerprint density at radius 1 is 0.960 bits per heavy atom. The van der Waals surface area contributed by atoms with E-state index in [4.69, 9.17) is 4.74 Å². The molecule has 0 N–H and O–H groups in total. The van der Waals surface area contributed by atoms with Gasteiger partial charge in [0, 0.05) is 0 Å². The highest BCUT2D eigenvalue weighted by atomic mass is 16.5. The van der Waals surface area contributed by atoms with Crippen LogP contribution in [0.1, 0.15) is 56.0 Å². The third-order valence-corrected chi connectivity index (χ3v) is 4.06. The molecule has 0 fully saturated rings. The molecular weight excluding hydrogens is 318 g/mol. The van der Waals surface area contributed by atoms with Gasteiger partial charge in [0.2, 0.25) is 0 Å². The number of anilines is 1. The molecule has 2 aromatic carbocycles. The number of carbonyl (C=O) groups is 3. The van der Waals surface area contributed by atoms with Gasteiger partial charge in [-0.15, -0.1) is 0 Å². The molecule has 25 heavy (non-hydrogen) atoms. The van der Waals surface area contributed by atoms with Crippen molar-refractivity contribution in [2.45, 2.75) is 33.8 Å². The van der Waals surface area contributed by atoms with E-state index in [-0.39, 0.29) is 23.1 Å². The zero-order chi connectivity index (χ0) is 18.3. The molecule has 5 nitrogen and oxygen atoms in total. The summed E-state index contributed by atoms with van der Waals surface area (Å²) in [6.07, 6.45) is -0.259. The Kier molecular flexibility index (Phi) is 4.17. The van der Waals surface area contributed by atoms with Crippen molar-refractivity contribution in [2.24, 2.45) is 0 Å². The number of rotatable bonds is 3. The number of benzene rings is 2. The molecule has 0 spiro atoms. The summed E-state index contributed by atoms with van der Waals surface area (Å²) in [5.41, 5.74) is 3.24. The van der Waals surface area contributed by atoms with Crippen LogP contribution in [0.25, 0.3) is 0 Å². The van der Waals surface area contributed by atoms with Crippen LogP contribution < -0.4 is 4.90 Å². The molecule has 1 aliphatic heterocycles. The maximum atomic E-state index is 12.8. The highest BCUT2D eigenvalue weighted by Gasteiger charge is 2.37. The van der Waals surface area contributed by atoms with Gasteiger partial charge in [0.1, 0.15) is 0 Å². The summed E-state index contributed by atoms with van der Waals surface area (Å²) >= 11 is 0. The van der Waals surface area contributed by atoms with Crippen LogP contribution in [0.4, 0.5) is 5.69 Å². The van der Waals surface area contributed by atoms with E-state index in [0.29, 0.717) is 11.3 Å². The van der Waals surface area contributed by atoms with Crippen molar-refractivity contribution in [3.8, 4) is 0 Å². The Labute approximate surface area is 146 Å². The predicted octanol–water partition coefficient (Wildman–Crippen LogP) is 3.67. The van der Waals surface area contributed by atoms with Crippen LogP contribution >= 0.6 is 0 Å². The smallest absolute Gasteiger partial charge is 0.338 e. The Balaban J connectivity index is 2.01. The van der Waals surface area contributed by atoms with Crippen molar-refractivity contribution in [3.63, 3.8) is 0 Å². The van der Waals surface area contributed by atoms with Crippen LogP contribution in [-0.4, -0.2) is 23.9 Å². The summed E-state index contributed by atoms with van der Waals surface area (Å²) in [6.45, 7) is 7.31. The first-order chi connectivity index (χ1) is 11.8. The van der Waals surface area contributed by atoms with Crippen LogP contribution in [0.5, 0.6) is 0 Å². The second-order valence-electron chi connectivity index (χ2n) is 6.45. The summed E-state index contributed by atoms with van der Waals surface area (Å²) in [4.78, 5) is 38.7. The zero-order valence-electron chi connectivity index (χ0n) is 14.6. The van der Waals surface area contributed by atoms with Gasteiger partial charge in [0.25, 0.3) is 11.8 Å². The Morgan fingerprint density at radius 2 is 1.64 bits per heavy atom. The monoisotopic (exact) mass is 337 g/mol. The number of hydrogen-bond acceptors (Lipinski definition) is 4. The van der Waals surface area contributed by atoms with E-state index in [2.05, 4.69) is 0 Å². The van der Waals surface area contributed by atoms with Crippen molar-refractivity contribution in [3.05, 3.63) is 64.2 Å². The van der Waals surface area contributed by atoms with E-state index < -0.39 is 11.9 Å². The summed E-state index contributed by atoms with van der Waals surface area (Å²) in [6, 6.07) is 10.0. The molecule has 0 aromatic heterocycles. The van der Waals surface area contributed by atoms with Crippen LogP contribution in [0, 0.1) is 13.8 Å². The third-order valence-electron chi connectivity index (χ3n) is 4.06. The number of nitrogens with zero attached hydrogens (tertiary/aromatic N) is 1. The van der Waals surface area contributed by atoms with Gasteiger partial charge in [0.05, 0.1) is 28.5 Å². The normalized spacial score (nSPS) is 13.4. The number of fused-ring (bicyclic) bond motifs is 1. The highest BCUT2D eigenvalue weighted by molar-refractivity contribution is 6.34. The molecule has 2 aromatic rings.